The summed E-state index contributed by atoms with van der Waals surface area (Å²) >= 11 is 0. The number of carbonyl (C=O) groups is 1. The van der Waals surface area contributed by atoms with E-state index in [4.69, 9.17) is 0 Å². The molecule has 0 radical (unpaired) electrons. The molecule has 1 atom stereocenters. The summed E-state index contributed by atoms with van der Waals surface area (Å²) < 4.78 is 0. The lowest BCUT2D eigenvalue weighted by atomic mass is 9.84. The van der Waals surface area contributed by atoms with Gasteiger partial charge in [-0.3, -0.25) is 4.79 Å². The third-order valence-corrected chi connectivity index (χ3v) is 2.79. The van der Waals surface area contributed by atoms with Gasteiger partial charge in [-0.2, -0.15) is 0 Å². The van der Waals surface area contributed by atoms with E-state index in [1.807, 2.05) is 36.4 Å². The molecule has 2 nitrogen and oxygen atoms in total. The highest BCUT2D eigenvalue weighted by Crippen LogP contribution is 2.22. The zero-order chi connectivity index (χ0) is 12.9. The fourth-order valence-corrected chi connectivity index (χ4v) is 1.63. The van der Waals surface area contributed by atoms with Crippen molar-refractivity contribution in [1.82, 2.24) is 5.32 Å². The van der Waals surface area contributed by atoms with Crippen molar-refractivity contribution in [3.63, 3.8) is 0 Å². The summed E-state index contributed by atoms with van der Waals surface area (Å²) in [6, 6.07) is 9.39. The van der Waals surface area contributed by atoms with Crippen LogP contribution >= 0.6 is 0 Å². The Morgan fingerprint density at radius 3 is 2.41 bits per heavy atom. The minimum Gasteiger partial charge on any atom is -0.348 e. The van der Waals surface area contributed by atoms with Crippen molar-refractivity contribution in [2.75, 3.05) is 0 Å². The molecule has 17 heavy (non-hydrogen) atoms. The summed E-state index contributed by atoms with van der Waals surface area (Å²) in [5.41, 5.74) is 0.726. The number of benzene rings is 1. The average Bonchev–Trinajstić information content (AvgIpc) is 2.28. The molecule has 1 aromatic carbocycles. The maximum atomic E-state index is 12.0. The van der Waals surface area contributed by atoms with Crippen molar-refractivity contribution in [1.29, 1.82) is 0 Å². The fraction of sp³-hybridized carbons (Fsp3) is 0.400. The van der Waals surface area contributed by atoms with Gasteiger partial charge < -0.3 is 5.32 Å². The lowest BCUT2D eigenvalue weighted by Gasteiger charge is -2.30. The number of hydrogen-bond donors (Lipinski definition) is 1. The molecular formula is C15H21NO. The van der Waals surface area contributed by atoms with Gasteiger partial charge in [0.1, 0.15) is 0 Å². The monoisotopic (exact) mass is 231 g/mol. The Hall–Kier alpha value is -1.57. The molecule has 0 aliphatic carbocycles. The van der Waals surface area contributed by atoms with Gasteiger partial charge in [0.05, 0.1) is 0 Å². The van der Waals surface area contributed by atoms with E-state index in [1.54, 1.807) is 0 Å². The van der Waals surface area contributed by atoms with E-state index < -0.39 is 0 Å². The maximum absolute atomic E-state index is 12.0. The second kappa shape index (κ2) is 5.67. The molecule has 1 rings (SSSR count). The van der Waals surface area contributed by atoms with E-state index in [0.29, 0.717) is 5.56 Å². The predicted molar refractivity (Wildman–Crippen MR) is 72.0 cm³/mol. The molecule has 2 heteroatoms. The molecule has 0 saturated carbocycles. The largest absolute Gasteiger partial charge is 0.348 e. The summed E-state index contributed by atoms with van der Waals surface area (Å²) in [6.07, 6.45) is 2.63. The molecule has 0 bridgehead atoms. The minimum atomic E-state index is -0.0209. The van der Waals surface area contributed by atoms with Crippen LogP contribution in [-0.2, 0) is 0 Å². The molecule has 1 N–H and O–H groups in total. The predicted octanol–water partition coefficient (Wildman–Crippen LogP) is 3.41. The van der Waals surface area contributed by atoms with Gasteiger partial charge >= 0.3 is 0 Å². The number of nitrogens with one attached hydrogen (secondary N) is 1. The smallest absolute Gasteiger partial charge is 0.251 e. The Morgan fingerprint density at radius 1 is 1.35 bits per heavy atom. The van der Waals surface area contributed by atoms with Crippen molar-refractivity contribution in [2.24, 2.45) is 5.41 Å². The number of hydrogen-bond acceptors (Lipinski definition) is 1. The topological polar surface area (TPSA) is 29.1 Å². The van der Waals surface area contributed by atoms with Crippen LogP contribution in [0.2, 0.25) is 0 Å². The van der Waals surface area contributed by atoms with Crippen LogP contribution in [0.25, 0.3) is 0 Å². The number of rotatable bonds is 4. The standard InChI is InChI=1S/C15H21NO/c1-5-9-13(15(2,3)4)16-14(17)12-10-7-6-8-11-12/h5-8,10-11,13H,1,9H2,2-4H3,(H,16,17)/t13-/m1/s1. The lowest BCUT2D eigenvalue weighted by Crippen LogP contribution is -2.43. The highest BCUT2D eigenvalue weighted by atomic mass is 16.1. The number of carbonyl (C=O) groups excluding carboxylic acids is 1. The SMILES string of the molecule is C=CC[C@@H](NC(=O)c1ccccc1)C(C)(C)C. The lowest BCUT2D eigenvalue weighted by molar-refractivity contribution is 0.0903. The van der Waals surface area contributed by atoms with Crippen LogP contribution in [0, 0.1) is 5.41 Å². The van der Waals surface area contributed by atoms with Gasteiger partial charge in [0.2, 0.25) is 0 Å². The van der Waals surface area contributed by atoms with Crippen molar-refractivity contribution in [3.05, 3.63) is 48.6 Å². The van der Waals surface area contributed by atoms with Gasteiger partial charge in [0.25, 0.3) is 5.91 Å². The van der Waals surface area contributed by atoms with Gasteiger partial charge in [-0.05, 0) is 24.0 Å². The Balaban J connectivity index is 2.75. The third-order valence-electron chi connectivity index (χ3n) is 2.79. The first kappa shape index (κ1) is 13.5. The minimum absolute atomic E-state index is 0.0209. The normalized spacial score (nSPS) is 12.9. The summed E-state index contributed by atoms with van der Waals surface area (Å²) in [6.45, 7) is 10.1. The van der Waals surface area contributed by atoms with Crippen molar-refractivity contribution < 1.29 is 4.79 Å². The van der Waals surface area contributed by atoms with Crippen LogP contribution < -0.4 is 5.32 Å². The second-order valence-electron chi connectivity index (χ2n) is 5.28. The number of amides is 1. The van der Waals surface area contributed by atoms with Crippen LogP contribution in [0.5, 0.6) is 0 Å². The van der Waals surface area contributed by atoms with Crippen LogP contribution in [0.4, 0.5) is 0 Å². The van der Waals surface area contributed by atoms with Crippen molar-refractivity contribution in [2.45, 2.75) is 33.2 Å². The van der Waals surface area contributed by atoms with Gasteiger partial charge in [-0.1, -0.05) is 45.0 Å². The fourth-order valence-electron chi connectivity index (χ4n) is 1.63. The van der Waals surface area contributed by atoms with Crippen molar-refractivity contribution in [3.8, 4) is 0 Å². The highest BCUT2D eigenvalue weighted by molar-refractivity contribution is 5.94. The zero-order valence-corrected chi connectivity index (χ0v) is 10.9. The van der Waals surface area contributed by atoms with E-state index in [-0.39, 0.29) is 17.4 Å². The summed E-state index contributed by atoms with van der Waals surface area (Å²) in [5, 5.41) is 3.06. The molecule has 0 aliphatic rings. The molecule has 0 fully saturated rings. The summed E-state index contributed by atoms with van der Waals surface area (Å²) in [5.74, 6) is -0.0209. The van der Waals surface area contributed by atoms with E-state index in [2.05, 4.69) is 32.7 Å². The summed E-state index contributed by atoms with van der Waals surface area (Å²) in [7, 11) is 0. The van der Waals surface area contributed by atoms with Crippen molar-refractivity contribution >= 4 is 5.91 Å². The Labute approximate surface area is 104 Å². The molecule has 1 amide bonds. The first-order valence-electron chi connectivity index (χ1n) is 5.92. The molecule has 0 heterocycles. The first-order valence-corrected chi connectivity index (χ1v) is 5.92. The second-order valence-corrected chi connectivity index (χ2v) is 5.28. The summed E-state index contributed by atoms with van der Waals surface area (Å²) in [4.78, 5) is 12.0. The molecule has 0 aromatic heterocycles. The molecular weight excluding hydrogens is 210 g/mol. The zero-order valence-electron chi connectivity index (χ0n) is 10.9. The Bertz CT molecular complexity index is 376. The molecule has 92 valence electrons. The van der Waals surface area contributed by atoms with E-state index in [1.165, 1.54) is 0 Å². The van der Waals surface area contributed by atoms with Gasteiger partial charge in [-0.25, -0.2) is 0 Å². The first-order chi connectivity index (χ1) is 7.95. The van der Waals surface area contributed by atoms with Crippen LogP contribution in [0.3, 0.4) is 0 Å². The molecule has 1 aromatic rings. The molecule has 0 aliphatic heterocycles. The highest BCUT2D eigenvalue weighted by Gasteiger charge is 2.25. The van der Waals surface area contributed by atoms with Gasteiger partial charge in [0, 0.05) is 11.6 Å². The maximum Gasteiger partial charge on any atom is 0.251 e. The van der Waals surface area contributed by atoms with Crippen LogP contribution in [-0.4, -0.2) is 11.9 Å². The van der Waals surface area contributed by atoms with E-state index in [0.717, 1.165) is 6.42 Å². The Kier molecular flexibility index (Phi) is 4.50. The average molecular weight is 231 g/mol. The third kappa shape index (κ3) is 4.06. The Morgan fingerprint density at radius 2 is 1.94 bits per heavy atom. The van der Waals surface area contributed by atoms with E-state index in [9.17, 15) is 4.79 Å². The molecule has 0 saturated heterocycles. The van der Waals surface area contributed by atoms with Gasteiger partial charge in [0.15, 0.2) is 0 Å². The quantitative estimate of drug-likeness (QED) is 0.790. The molecule has 0 spiro atoms. The van der Waals surface area contributed by atoms with E-state index >= 15 is 0 Å². The van der Waals surface area contributed by atoms with Crippen LogP contribution in [0.15, 0.2) is 43.0 Å². The molecule has 0 unspecified atom stereocenters. The van der Waals surface area contributed by atoms with Crippen LogP contribution in [0.1, 0.15) is 37.6 Å². The van der Waals surface area contributed by atoms with Gasteiger partial charge in [-0.15, -0.1) is 6.58 Å².